The van der Waals surface area contributed by atoms with Gasteiger partial charge in [-0.2, -0.15) is 0 Å². The Balaban J connectivity index is 2.16. The van der Waals surface area contributed by atoms with E-state index in [2.05, 4.69) is 15.9 Å². The first-order valence-electron chi connectivity index (χ1n) is 5.39. The average Bonchev–Trinajstić information content (AvgIpc) is 2.41. The van der Waals surface area contributed by atoms with Crippen LogP contribution in [0.5, 0.6) is 0 Å². The van der Waals surface area contributed by atoms with E-state index in [4.69, 9.17) is 11.6 Å². The summed E-state index contributed by atoms with van der Waals surface area (Å²) >= 11 is 9.25. The lowest BCUT2D eigenvalue weighted by Crippen LogP contribution is -1.92. The molecule has 2 aromatic rings. The van der Waals surface area contributed by atoms with Crippen molar-refractivity contribution in [3.05, 3.63) is 75.2 Å². The van der Waals surface area contributed by atoms with E-state index in [1.807, 2.05) is 30.3 Å². The Kier molecular flexibility index (Phi) is 4.34. The molecular weight excluding hydrogens is 312 g/mol. The standard InChI is InChI=1S/C15H10BrClO/c16-13-10-11(6-8-14(13)17)7-9-15(18)12-4-2-1-3-5-12/h1-10H/b9-7+. The van der Waals surface area contributed by atoms with Crippen molar-refractivity contribution in [3.63, 3.8) is 0 Å². The summed E-state index contributed by atoms with van der Waals surface area (Å²) in [5.41, 5.74) is 1.61. The van der Waals surface area contributed by atoms with Gasteiger partial charge in [-0.05, 0) is 39.7 Å². The number of allylic oxidation sites excluding steroid dienone is 1. The quantitative estimate of drug-likeness (QED) is 0.574. The van der Waals surface area contributed by atoms with Crippen molar-refractivity contribution in [1.29, 1.82) is 0 Å². The van der Waals surface area contributed by atoms with Crippen LogP contribution in [-0.2, 0) is 0 Å². The fraction of sp³-hybridized carbons (Fsp3) is 0. The number of hydrogen-bond donors (Lipinski definition) is 0. The normalized spacial score (nSPS) is 10.8. The van der Waals surface area contributed by atoms with Gasteiger partial charge < -0.3 is 0 Å². The fourth-order valence-corrected chi connectivity index (χ4v) is 2.00. The third kappa shape index (κ3) is 3.31. The number of carbonyl (C=O) groups is 1. The first-order valence-corrected chi connectivity index (χ1v) is 6.56. The third-order valence-electron chi connectivity index (χ3n) is 2.43. The molecule has 0 amide bonds. The van der Waals surface area contributed by atoms with E-state index in [0.717, 1.165) is 10.0 Å². The predicted octanol–water partition coefficient (Wildman–Crippen LogP) is 5.00. The predicted molar refractivity (Wildman–Crippen MR) is 79.0 cm³/mol. The van der Waals surface area contributed by atoms with E-state index >= 15 is 0 Å². The second-order valence-electron chi connectivity index (χ2n) is 3.74. The summed E-state index contributed by atoms with van der Waals surface area (Å²) in [5.74, 6) is -0.0123. The van der Waals surface area contributed by atoms with E-state index in [1.165, 1.54) is 0 Å². The van der Waals surface area contributed by atoms with Gasteiger partial charge in [-0.25, -0.2) is 0 Å². The third-order valence-corrected chi connectivity index (χ3v) is 3.64. The zero-order chi connectivity index (χ0) is 13.0. The van der Waals surface area contributed by atoms with Crippen LogP contribution in [-0.4, -0.2) is 5.78 Å². The summed E-state index contributed by atoms with van der Waals surface area (Å²) < 4.78 is 0.818. The summed E-state index contributed by atoms with van der Waals surface area (Å²) in [4.78, 5) is 11.8. The second kappa shape index (κ2) is 5.98. The topological polar surface area (TPSA) is 17.1 Å². The zero-order valence-corrected chi connectivity index (χ0v) is 11.8. The van der Waals surface area contributed by atoms with Gasteiger partial charge in [0.25, 0.3) is 0 Å². The molecule has 0 unspecified atom stereocenters. The van der Waals surface area contributed by atoms with Crippen molar-refractivity contribution in [2.75, 3.05) is 0 Å². The maximum Gasteiger partial charge on any atom is 0.185 e. The molecule has 18 heavy (non-hydrogen) atoms. The molecule has 0 N–H and O–H groups in total. The highest BCUT2D eigenvalue weighted by atomic mass is 79.9. The van der Waals surface area contributed by atoms with Crippen LogP contribution >= 0.6 is 27.5 Å². The lowest BCUT2D eigenvalue weighted by Gasteiger charge is -1.98. The SMILES string of the molecule is O=C(/C=C/c1ccc(Cl)c(Br)c1)c1ccccc1. The lowest BCUT2D eigenvalue weighted by molar-refractivity contribution is 0.104. The maximum atomic E-state index is 11.8. The minimum Gasteiger partial charge on any atom is -0.289 e. The molecule has 0 aliphatic carbocycles. The Morgan fingerprint density at radius 1 is 1.11 bits per heavy atom. The van der Waals surface area contributed by atoms with Crippen LogP contribution in [0.1, 0.15) is 15.9 Å². The van der Waals surface area contributed by atoms with Crippen molar-refractivity contribution in [3.8, 4) is 0 Å². The number of rotatable bonds is 3. The van der Waals surface area contributed by atoms with Crippen LogP contribution in [0.3, 0.4) is 0 Å². The highest BCUT2D eigenvalue weighted by Crippen LogP contribution is 2.23. The monoisotopic (exact) mass is 320 g/mol. The highest BCUT2D eigenvalue weighted by molar-refractivity contribution is 9.10. The van der Waals surface area contributed by atoms with E-state index in [9.17, 15) is 4.79 Å². The molecule has 0 aromatic heterocycles. The van der Waals surface area contributed by atoms with Crippen molar-refractivity contribution in [2.24, 2.45) is 0 Å². The smallest absolute Gasteiger partial charge is 0.185 e. The Bertz CT molecular complexity index is 591. The van der Waals surface area contributed by atoms with Gasteiger partial charge in [0.05, 0.1) is 5.02 Å². The lowest BCUT2D eigenvalue weighted by atomic mass is 10.1. The second-order valence-corrected chi connectivity index (χ2v) is 5.00. The Morgan fingerprint density at radius 2 is 1.83 bits per heavy atom. The number of benzene rings is 2. The summed E-state index contributed by atoms with van der Waals surface area (Å²) in [6, 6.07) is 14.7. The van der Waals surface area contributed by atoms with Crippen LogP contribution in [0.2, 0.25) is 5.02 Å². The molecule has 0 aliphatic heterocycles. The molecule has 0 spiro atoms. The molecule has 1 nitrogen and oxygen atoms in total. The average molecular weight is 322 g/mol. The summed E-state index contributed by atoms with van der Waals surface area (Å²) in [7, 11) is 0. The molecule has 0 saturated carbocycles. The van der Waals surface area contributed by atoms with Gasteiger partial charge in [0.1, 0.15) is 0 Å². The van der Waals surface area contributed by atoms with Crippen LogP contribution in [0.15, 0.2) is 59.1 Å². The fourth-order valence-electron chi connectivity index (χ4n) is 1.49. The van der Waals surface area contributed by atoms with Crippen molar-refractivity contribution >= 4 is 39.4 Å². The molecule has 0 saturated heterocycles. The van der Waals surface area contributed by atoms with Gasteiger partial charge in [0.2, 0.25) is 0 Å². The van der Waals surface area contributed by atoms with E-state index in [-0.39, 0.29) is 5.78 Å². The van der Waals surface area contributed by atoms with Gasteiger partial charge in [-0.15, -0.1) is 0 Å². The molecule has 0 atom stereocenters. The number of carbonyl (C=O) groups excluding carboxylic acids is 1. The minimum absolute atomic E-state index is 0.0123. The Labute approximate surface area is 119 Å². The van der Waals surface area contributed by atoms with Gasteiger partial charge in [0, 0.05) is 10.0 Å². The molecule has 0 bridgehead atoms. The summed E-state index contributed by atoms with van der Waals surface area (Å²) in [5, 5.41) is 0.654. The first kappa shape index (κ1) is 13.1. The van der Waals surface area contributed by atoms with Crippen LogP contribution in [0.25, 0.3) is 6.08 Å². The molecular formula is C15H10BrClO. The first-order chi connectivity index (χ1) is 8.66. The molecule has 0 radical (unpaired) electrons. The maximum absolute atomic E-state index is 11.8. The minimum atomic E-state index is -0.0123. The van der Waals surface area contributed by atoms with E-state index < -0.39 is 0 Å². The Morgan fingerprint density at radius 3 is 2.50 bits per heavy atom. The van der Waals surface area contributed by atoms with Crippen molar-refractivity contribution in [1.82, 2.24) is 0 Å². The van der Waals surface area contributed by atoms with Crippen LogP contribution in [0.4, 0.5) is 0 Å². The molecule has 3 heteroatoms. The summed E-state index contributed by atoms with van der Waals surface area (Å²) in [6.07, 6.45) is 3.33. The number of hydrogen-bond acceptors (Lipinski definition) is 1. The Hall–Kier alpha value is -1.38. The van der Waals surface area contributed by atoms with Crippen LogP contribution in [0, 0.1) is 0 Å². The molecule has 90 valence electrons. The van der Waals surface area contributed by atoms with Crippen molar-refractivity contribution < 1.29 is 4.79 Å². The van der Waals surface area contributed by atoms with Crippen LogP contribution < -0.4 is 0 Å². The van der Waals surface area contributed by atoms with Gasteiger partial charge in [-0.3, -0.25) is 4.79 Å². The largest absolute Gasteiger partial charge is 0.289 e. The van der Waals surface area contributed by atoms with Gasteiger partial charge >= 0.3 is 0 Å². The van der Waals surface area contributed by atoms with E-state index in [1.54, 1.807) is 30.4 Å². The molecule has 2 rings (SSSR count). The highest BCUT2D eigenvalue weighted by Gasteiger charge is 2.00. The van der Waals surface area contributed by atoms with Gasteiger partial charge in [0.15, 0.2) is 5.78 Å². The zero-order valence-electron chi connectivity index (χ0n) is 9.44. The molecule has 0 aliphatic rings. The molecule has 0 fully saturated rings. The number of halogens is 2. The molecule has 2 aromatic carbocycles. The summed E-state index contributed by atoms with van der Waals surface area (Å²) in [6.45, 7) is 0. The number of ketones is 1. The van der Waals surface area contributed by atoms with E-state index in [0.29, 0.717) is 10.6 Å². The molecule has 0 heterocycles. The van der Waals surface area contributed by atoms with Crippen molar-refractivity contribution in [2.45, 2.75) is 0 Å². The van der Waals surface area contributed by atoms with Gasteiger partial charge in [-0.1, -0.05) is 54.1 Å².